The number of carboxylic acids is 1. The summed E-state index contributed by atoms with van der Waals surface area (Å²) in [6, 6.07) is 26.8. The van der Waals surface area contributed by atoms with E-state index in [9.17, 15) is 33.1 Å². The number of pyridine rings is 1. The molecule has 1 atom stereocenters. The van der Waals surface area contributed by atoms with E-state index in [-0.39, 0.29) is 26.1 Å². The van der Waals surface area contributed by atoms with Gasteiger partial charge in [0.05, 0.1) is 34.6 Å². The van der Waals surface area contributed by atoms with Crippen LogP contribution in [0.1, 0.15) is 81.5 Å². The van der Waals surface area contributed by atoms with Crippen LogP contribution in [0, 0.1) is 11.3 Å². The number of allylic oxidation sites excluding steroid dienone is 8. The molecule has 326 valence electrons. The van der Waals surface area contributed by atoms with Gasteiger partial charge in [-0.1, -0.05) is 74.0 Å². The summed E-state index contributed by atoms with van der Waals surface area (Å²) in [5.74, 6) is -0.928. The molecular formula is C53H50F3N4O4+. The zero-order valence-corrected chi connectivity index (χ0v) is 36.2. The highest BCUT2D eigenvalue weighted by atomic mass is 19.4. The van der Waals surface area contributed by atoms with Crippen LogP contribution in [-0.4, -0.2) is 52.5 Å². The number of aromatic nitrogens is 1. The largest absolute Gasteiger partial charge is 0.481 e. The van der Waals surface area contributed by atoms with Gasteiger partial charge in [-0.05, 0) is 121 Å². The van der Waals surface area contributed by atoms with Gasteiger partial charge in [-0.25, -0.2) is 0 Å². The zero-order chi connectivity index (χ0) is 45.2. The van der Waals surface area contributed by atoms with Gasteiger partial charge in [-0.2, -0.15) is 23.0 Å². The molecule has 0 saturated heterocycles. The number of fused-ring (bicyclic) bond motifs is 7. The third kappa shape index (κ3) is 8.13. The molecule has 0 fully saturated rings. The number of anilines is 1. The fourth-order valence-electron chi connectivity index (χ4n) is 10.5. The SMILES string of the molecule is C\C(=C/C(C#N)=C/C=C1\N(CCOC=O)c2ccc(C(F)(F)F)cc2C1(C)C)C1=[N+](CCC(=O)O)c2c(c3ccccc3c3ccccc23)C1(CC1=CCCCC1)Cc1cccnc1. The van der Waals surface area contributed by atoms with Crippen LogP contribution in [0.3, 0.4) is 0 Å². The van der Waals surface area contributed by atoms with Crippen LogP contribution < -0.4 is 4.90 Å². The van der Waals surface area contributed by atoms with Gasteiger partial charge in [0.15, 0.2) is 12.3 Å². The van der Waals surface area contributed by atoms with Gasteiger partial charge in [0.1, 0.15) is 13.0 Å². The number of nitrogens with zero attached hydrogens (tertiary/aromatic N) is 4. The summed E-state index contributed by atoms with van der Waals surface area (Å²) >= 11 is 0. The van der Waals surface area contributed by atoms with E-state index in [2.05, 4.69) is 64.2 Å². The first kappa shape index (κ1) is 43.8. The van der Waals surface area contributed by atoms with Crippen molar-refractivity contribution in [3.8, 4) is 6.07 Å². The number of halogens is 3. The van der Waals surface area contributed by atoms with Gasteiger partial charge in [0, 0.05) is 40.3 Å². The molecule has 3 heterocycles. The van der Waals surface area contributed by atoms with Crippen molar-refractivity contribution in [2.24, 2.45) is 0 Å². The molecule has 1 unspecified atom stereocenters. The Morgan fingerprint density at radius 1 is 1.00 bits per heavy atom. The van der Waals surface area contributed by atoms with Crippen LogP contribution in [0.25, 0.3) is 21.5 Å². The highest BCUT2D eigenvalue weighted by molar-refractivity contribution is 6.20. The number of benzene rings is 4. The number of carboxylic acid groups (broad SMARTS) is 1. The number of aliphatic carboxylic acids is 1. The minimum absolute atomic E-state index is 0.00487. The monoisotopic (exact) mass is 863 g/mol. The molecule has 11 heteroatoms. The van der Waals surface area contributed by atoms with E-state index in [1.165, 1.54) is 17.7 Å². The van der Waals surface area contributed by atoms with Crippen LogP contribution >= 0.6 is 0 Å². The molecule has 3 aliphatic rings. The van der Waals surface area contributed by atoms with Gasteiger partial charge >= 0.3 is 12.1 Å². The Balaban J connectivity index is 1.37. The average molecular weight is 864 g/mol. The zero-order valence-electron chi connectivity index (χ0n) is 36.2. The van der Waals surface area contributed by atoms with Crippen LogP contribution in [0.5, 0.6) is 0 Å². The number of hydrogen-bond acceptors (Lipinski definition) is 6. The van der Waals surface area contributed by atoms with Crippen molar-refractivity contribution in [3.63, 3.8) is 0 Å². The van der Waals surface area contributed by atoms with Gasteiger partial charge in [-0.15, -0.1) is 0 Å². The number of ether oxygens (including phenoxy) is 1. The van der Waals surface area contributed by atoms with Crippen molar-refractivity contribution >= 4 is 51.1 Å². The van der Waals surface area contributed by atoms with Gasteiger partial charge < -0.3 is 14.7 Å². The Bertz CT molecular complexity index is 2870. The third-order valence-corrected chi connectivity index (χ3v) is 13.1. The van der Waals surface area contributed by atoms with E-state index in [1.807, 2.05) is 56.1 Å². The molecule has 1 N–H and O–H groups in total. The van der Waals surface area contributed by atoms with Crippen molar-refractivity contribution in [2.75, 3.05) is 24.6 Å². The summed E-state index contributed by atoms with van der Waals surface area (Å²) in [4.78, 5) is 30.0. The lowest BCUT2D eigenvalue weighted by Gasteiger charge is -2.32. The second-order valence-electron chi connectivity index (χ2n) is 17.5. The van der Waals surface area contributed by atoms with Crippen LogP contribution in [0.15, 0.2) is 138 Å². The smallest absolute Gasteiger partial charge is 0.416 e. The van der Waals surface area contributed by atoms with Gasteiger partial charge in [0.2, 0.25) is 5.69 Å². The first-order chi connectivity index (χ1) is 30.8. The minimum Gasteiger partial charge on any atom is -0.481 e. The highest BCUT2D eigenvalue weighted by Gasteiger charge is 2.55. The van der Waals surface area contributed by atoms with Crippen molar-refractivity contribution < 1.29 is 37.2 Å². The van der Waals surface area contributed by atoms with Crippen LogP contribution in [-0.2, 0) is 37.8 Å². The topological polar surface area (TPSA) is 107 Å². The molecule has 1 aromatic heterocycles. The van der Waals surface area contributed by atoms with Crippen LogP contribution in [0.2, 0.25) is 0 Å². The van der Waals surface area contributed by atoms with Crippen molar-refractivity contribution in [3.05, 3.63) is 160 Å². The molecule has 0 amide bonds. The van der Waals surface area contributed by atoms with Gasteiger partial charge in [-0.3, -0.25) is 14.6 Å². The summed E-state index contributed by atoms with van der Waals surface area (Å²) in [6.45, 7) is 6.36. The summed E-state index contributed by atoms with van der Waals surface area (Å²) in [5, 5.41) is 25.4. The Hall–Kier alpha value is -6.80. The molecular weight excluding hydrogens is 814 g/mol. The number of carbonyl (C=O) groups is 2. The van der Waals surface area contributed by atoms with Crippen LogP contribution in [0.4, 0.5) is 24.5 Å². The molecule has 8 nitrogen and oxygen atoms in total. The Kier molecular flexibility index (Phi) is 12.2. The normalized spacial score (nSPS) is 19.2. The molecule has 4 aromatic carbocycles. The average Bonchev–Trinajstić information content (AvgIpc) is 3.68. The molecule has 5 aromatic rings. The minimum atomic E-state index is -4.55. The van der Waals surface area contributed by atoms with E-state index < -0.39 is 28.5 Å². The number of nitriles is 1. The number of rotatable bonds is 14. The Labute approximate surface area is 371 Å². The molecule has 0 saturated carbocycles. The predicted octanol–water partition coefficient (Wildman–Crippen LogP) is 11.6. The maximum Gasteiger partial charge on any atom is 0.416 e. The lowest BCUT2D eigenvalue weighted by molar-refractivity contribution is -0.435. The number of hydrogen-bond donors (Lipinski definition) is 1. The summed E-state index contributed by atoms with van der Waals surface area (Å²) in [7, 11) is 0. The number of alkyl halides is 3. The Morgan fingerprint density at radius 2 is 1.73 bits per heavy atom. The first-order valence-electron chi connectivity index (χ1n) is 21.7. The molecule has 2 aliphatic heterocycles. The lowest BCUT2D eigenvalue weighted by Crippen LogP contribution is -2.40. The number of carbonyl (C=O) groups excluding carboxylic acids is 1. The van der Waals surface area contributed by atoms with Crippen molar-refractivity contribution in [1.82, 2.24) is 4.98 Å². The fraction of sp³-hybridized carbons (Fsp3) is 0.302. The summed E-state index contributed by atoms with van der Waals surface area (Å²) in [6.07, 6.45) is 12.0. The second-order valence-corrected chi connectivity index (χ2v) is 17.5. The maximum absolute atomic E-state index is 14.0. The molecule has 0 spiro atoms. The van der Waals surface area contributed by atoms with E-state index >= 15 is 0 Å². The first-order valence-corrected chi connectivity index (χ1v) is 21.7. The predicted molar refractivity (Wildman–Crippen MR) is 244 cm³/mol. The molecule has 1 aliphatic carbocycles. The summed E-state index contributed by atoms with van der Waals surface area (Å²) in [5.41, 5.74) is 5.64. The maximum atomic E-state index is 14.0. The second kappa shape index (κ2) is 17.8. The van der Waals surface area contributed by atoms with E-state index in [0.29, 0.717) is 41.8 Å². The van der Waals surface area contributed by atoms with Crippen molar-refractivity contribution in [1.29, 1.82) is 5.26 Å². The third-order valence-electron chi connectivity index (χ3n) is 13.1. The van der Waals surface area contributed by atoms with E-state index in [1.54, 1.807) is 18.3 Å². The fourth-order valence-corrected chi connectivity index (χ4v) is 10.5. The Morgan fingerprint density at radius 3 is 2.39 bits per heavy atom. The molecule has 0 bridgehead atoms. The molecule has 0 radical (unpaired) electrons. The van der Waals surface area contributed by atoms with Crippen molar-refractivity contribution in [2.45, 2.75) is 82.7 Å². The molecule has 64 heavy (non-hydrogen) atoms. The van der Waals surface area contributed by atoms with Gasteiger partial charge in [0.25, 0.3) is 6.47 Å². The van der Waals surface area contributed by atoms with E-state index in [0.717, 1.165) is 81.4 Å². The standard InChI is InChI=1S/C53H49F3N4O4/c1-35(28-37(32-57)19-22-46-51(2,3)44-29-39(53(54,55)56)20-21-45(44)59(46)26-27-64-34-61)50-52(30-36-12-5-4-6-13-36,31-38-14-11-24-58-33-38)48-42-17-9-7-15-40(42)41-16-8-10-18-43(41)49(48)60(50)25-23-47(62)63/h7-12,14-22,24,28-29,33-34H,4-6,13,23,25-27,30-31H2,1-3H3/p+1. The summed E-state index contributed by atoms with van der Waals surface area (Å²) < 4.78 is 49.2. The lowest BCUT2D eigenvalue weighted by atomic mass is 9.65. The van der Waals surface area contributed by atoms with E-state index in [4.69, 9.17) is 4.74 Å². The highest BCUT2D eigenvalue weighted by Crippen LogP contribution is 2.55. The molecule has 8 rings (SSSR count). The quantitative estimate of drug-likeness (QED) is 0.0225.